The fourth-order valence-corrected chi connectivity index (χ4v) is 4.40. The third-order valence-corrected chi connectivity index (χ3v) is 5.82. The summed E-state index contributed by atoms with van der Waals surface area (Å²) in [5.74, 6) is -0.939. The van der Waals surface area contributed by atoms with Crippen LogP contribution in [0.5, 0.6) is 0 Å². The number of hydrogen-bond acceptors (Lipinski definition) is 4. The van der Waals surface area contributed by atoms with Crippen LogP contribution >= 0.6 is 11.6 Å². The lowest BCUT2D eigenvalue weighted by atomic mass is 10.1. The molecule has 2 N–H and O–H groups in total. The van der Waals surface area contributed by atoms with Gasteiger partial charge in [-0.15, -0.1) is 0 Å². The van der Waals surface area contributed by atoms with E-state index in [1.54, 1.807) is 0 Å². The van der Waals surface area contributed by atoms with Gasteiger partial charge < -0.3 is 10.6 Å². The van der Waals surface area contributed by atoms with Gasteiger partial charge in [0.05, 0.1) is 5.69 Å². The first-order valence-electron chi connectivity index (χ1n) is 6.64. The Balaban J connectivity index is 2.38. The van der Waals surface area contributed by atoms with Crippen LogP contribution < -0.4 is 5.73 Å². The van der Waals surface area contributed by atoms with Crippen LogP contribution in [0.15, 0.2) is 17.0 Å². The van der Waals surface area contributed by atoms with Gasteiger partial charge in [-0.25, -0.2) is 12.8 Å². The average Bonchev–Trinajstić information content (AvgIpc) is 2.42. The second-order valence-electron chi connectivity index (χ2n) is 5.43. The van der Waals surface area contributed by atoms with Crippen LogP contribution in [-0.2, 0) is 10.0 Å². The fraction of sp³-hybridized carbons (Fsp3) is 0.538. The molecule has 0 amide bonds. The minimum absolute atomic E-state index is 0.105. The van der Waals surface area contributed by atoms with Crippen molar-refractivity contribution in [3.8, 4) is 0 Å². The van der Waals surface area contributed by atoms with Crippen LogP contribution in [0.4, 0.5) is 10.1 Å². The molecule has 0 aromatic heterocycles. The maximum absolute atomic E-state index is 14.1. The SMILES string of the molecule is CN(C)C1CCCN(S(=O)(=O)c2cc(Cl)cc(N)c2F)C1. The standard InChI is InChI=1S/C13H19ClFN3O2S/c1-17(2)10-4-3-5-18(8-10)21(19,20)12-7-9(14)6-11(16)13(12)15/h6-7,10H,3-5,8,16H2,1-2H3. The smallest absolute Gasteiger partial charge is 0.246 e. The first kappa shape index (κ1) is 16.5. The van der Waals surface area contributed by atoms with E-state index in [1.807, 2.05) is 19.0 Å². The molecular formula is C13H19ClFN3O2S. The highest BCUT2D eigenvalue weighted by Crippen LogP contribution is 2.29. The van der Waals surface area contributed by atoms with Crippen molar-refractivity contribution in [3.63, 3.8) is 0 Å². The van der Waals surface area contributed by atoms with Crippen molar-refractivity contribution in [2.24, 2.45) is 0 Å². The second-order valence-corrected chi connectivity index (χ2v) is 7.77. The summed E-state index contributed by atoms with van der Waals surface area (Å²) in [5, 5.41) is 0.105. The molecule has 0 radical (unpaired) electrons. The lowest BCUT2D eigenvalue weighted by Crippen LogP contribution is -2.47. The number of hydrogen-bond donors (Lipinski definition) is 1. The van der Waals surface area contributed by atoms with Crippen LogP contribution in [0.25, 0.3) is 0 Å². The summed E-state index contributed by atoms with van der Waals surface area (Å²) in [6, 6.07) is 2.43. The number of nitrogens with zero attached hydrogens (tertiary/aromatic N) is 2. The first-order chi connectivity index (χ1) is 9.73. The van der Waals surface area contributed by atoms with E-state index < -0.39 is 20.7 Å². The largest absolute Gasteiger partial charge is 0.396 e. The normalized spacial score (nSPS) is 20.9. The third kappa shape index (κ3) is 3.31. The molecule has 0 spiro atoms. The number of sulfonamides is 1. The zero-order valence-corrected chi connectivity index (χ0v) is 13.6. The van der Waals surface area contributed by atoms with E-state index >= 15 is 0 Å². The maximum Gasteiger partial charge on any atom is 0.246 e. The summed E-state index contributed by atoms with van der Waals surface area (Å²) in [6.45, 7) is 0.708. The summed E-state index contributed by atoms with van der Waals surface area (Å²) in [5.41, 5.74) is 5.21. The van der Waals surface area contributed by atoms with Gasteiger partial charge in [0, 0.05) is 24.2 Å². The number of nitrogen functional groups attached to an aromatic ring is 1. The molecule has 1 unspecified atom stereocenters. The molecular weight excluding hydrogens is 317 g/mol. The lowest BCUT2D eigenvalue weighted by molar-refractivity contribution is 0.190. The van der Waals surface area contributed by atoms with Crippen LogP contribution in [0.3, 0.4) is 0 Å². The van der Waals surface area contributed by atoms with Crippen LogP contribution in [-0.4, -0.2) is 50.8 Å². The first-order valence-corrected chi connectivity index (χ1v) is 8.46. The van der Waals surface area contributed by atoms with Crippen LogP contribution in [0, 0.1) is 5.82 Å². The molecule has 1 atom stereocenters. The van der Waals surface area contributed by atoms with Gasteiger partial charge in [-0.3, -0.25) is 0 Å². The predicted molar refractivity (Wildman–Crippen MR) is 81.3 cm³/mol. The van der Waals surface area contributed by atoms with Crippen molar-refractivity contribution in [3.05, 3.63) is 23.0 Å². The molecule has 8 heteroatoms. The van der Waals surface area contributed by atoms with Gasteiger partial charge in [-0.1, -0.05) is 11.6 Å². The molecule has 1 aromatic carbocycles. The number of piperidine rings is 1. The highest BCUT2D eigenvalue weighted by Gasteiger charge is 2.33. The Morgan fingerprint density at radius 2 is 2.10 bits per heavy atom. The van der Waals surface area contributed by atoms with Gasteiger partial charge in [-0.05, 0) is 39.1 Å². The van der Waals surface area contributed by atoms with Crippen LogP contribution in [0.1, 0.15) is 12.8 Å². The molecule has 1 aliphatic rings. The number of likely N-dealkylation sites (N-methyl/N-ethyl adjacent to an activating group) is 1. The number of halogens is 2. The Bertz CT molecular complexity index is 637. The summed E-state index contributed by atoms with van der Waals surface area (Å²) in [6.07, 6.45) is 1.65. The molecule has 0 bridgehead atoms. The molecule has 1 saturated heterocycles. The van der Waals surface area contributed by atoms with Crippen molar-refractivity contribution in [1.82, 2.24) is 9.21 Å². The van der Waals surface area contributed by atoms with Gasteiger partial charge in [0.15, 0.2) is 5.82 Å². The summed E-state index contributed by atoms with van der Waals surface area (Å²) in [7, 11) is -0.134. The van der Waals surface area contributed by atoms with E-state index in [1.165, 1.54) is 10.4 Å². The average molecular weight is 336 g/mol. The topological polar surface area (TPSA) is 66.6 Å². The number of nitrogens with two attached hydrogens (primary N) is 1. The Kier molecular flexibility index (Phi) is 4.77. The zero-order chi connectivity index (χ0) is 15.8. The lowest BCUT2D eigenvalue weighted by Gasteiger charge is -2.35. The Labute approximate surface area is 129 Å². The second kappa shape index (κ2) is 6.08. The molecule has 5 nitrogen and oxygen atoms in total. The van der Waals surface area contributed by atoms with Gasteiger partial charge in [-0.2, -0.15) is 4.31 Å². The minimum Gasteiger partial charge on any atom is -0.396 e. The summed E-state index contributed by atoms with van der Waals surface area (Å²) in [4.78, 5) is 1.52. The summed E-state index contributed by atoms with van der Waals surface area (Å²) >= 11 is 5.81. The van der Waals surface area contributed by atoms with E-state index in [-0.39, 0.29) is 16.8 Å². The van der Waals surface area contributed by atoms with E-state index in [0.29, 0.717) is 13.1 Å². The van der Waals surface area contributed by atoms with E-state index in [9.17, 15) is 12.8 Å². The van der Waals surface area contributed by atoms with Gasteiger partial charge >= 0.3 is 0 Å². The van der Waals surface area contributed by atoms with Gasteiger partial charge in [0.1, 0.15) is 4.90 Å². The number of anilines is 1. The Hall–Kier alpha value is -0.890. The number of rotatable bonds is 3. The van der Waals surface area contributed by atoms with Crippen molar-refractivity contribution in [2.75, 3.05) is 32.9 Å². The molecule has 0 saturated carbocycles. The monoisotopic (exact) mass is 335 g/mol. The van der Waals surface area contributed by atoms with E-state index in [0.717, 1.165) is 18.9 Å². The van der Waals surface area contributed by atoms with E-state index in [2.05, 4.69) is 0 Å². The van der Waals surface area contributed by atoms with Gasteiger partial charge in [0.25, 0.3) is 0 Å². The minimum atomic E-state index is -3.94. The Morgan fingerprint density at radius 3 is 2.71 bits per heavy atom. The molecule has 2 rings (SSSR count). The molecule has 1 heterocycles. The molecule has 1 aromatic rings. The molecule has 1 fully saturated rings. The molecule has 118 valence electrons. The van der Waals surface area contributed by atoms with Gasteiger partial charge in [0.2, 0.25) is 10.0 Å². The van der Waals surface area contributed by atoms with Crippen molar-refractivity contribution >= 4 is 27.3 Å². The zero-order valence-electron chi connectivity index (χ0n) is 12.0. The van der Waals surface area contributed by atoms with Crippen molar-refractivity contribution in [1.29, 1.82) is 0 Å². The maximum atomic E-state index is 14.1. The quantitative estimate of drug-likeness (QED) is 0.855. The molecule has 0 aliphatic carbocycles. The number of benzene rings is 1. The highest BCUT2D eigenvalue weighted by atomic mass is 35.5. The molecule has 1 aliphatic heterocycles. The van der Waals surface area contributed by atoms with Crippen LogP contribution in [0.2, 0.25) is 5.02 Å². The van der Waals surface area contributed by atoms with E-state index in [4.69, 9.17) is 17.3 Å². The van der Waals surface area contributed by atoms with Crippen molar-refractivity contribution < 1.29 is 12.8 Å². The molecule has 21 heavy (non-hydrogen) atoms. The van der Waals surface area contributed by atoms with Crippen molar-refractivity contribution in [2.45, 2.75) is 23.8 Å². The fourth-order valence-electron chi connectivity index (χ4n) is 2.47. The Morgan fingerprint density at radius 1 is 1.43 bits per heavy atom. The highest BCUT2D eigenvalue weighted by molar-refractivity contribution is 7.89. The summed E-state index contributed by atoms with van der Waals surface area (Å²) < 4.78 is 40.7. The predicted octanol–water partition coefficient (Wildman–Crippen LogP) is 1.78. The third-order valence-electron chi connectivity index (χ3n) is 3.74.